The van der Waals surface area contributed by atoms with Gasteiger partial charge < -0.3 is 0 Å². The number of para-hydroxylation sites is 1. The van der Waals surface area contributed by atoms with Crippen molar-refractivity contribution in [3.05, 3.63) is 96.1 Å². The monoisotopic (exact) mass is 608 g/mol. The Morgan fingerprint density at radius 1 is 0.900 bits per heavy atom. The third-order valence-corrected chi connectivity index (χ3v) is 9.98. The molecule has 2 aliphatic heterocycles. The molecule has 9 heteroatoms. The van der Waals surface area contributed by atoms with Crippen LogP contribution in [0.1, 0.15) is 38.3 Å². The second-order valence-electron chi connectivity index (χ2n) is 10.7. The standard InChI is InChI=1S/C31H32N2O6Se/c1-30(2,3)39-29(36)32-24-18-12-11-17-23(24)31(40-22-15-9-6-10-16-22)19-25(26(34)37-4)33(27(31)32)28(35)38-20-21-13-7-5-8-14-21/h5-18,25,27H,19-20H2,1-4H3/t25-,27-,31+/m1/s1. The van der Waals surface area contributed by atoms with E-state index in [4.69, 9.17) is 14.2 Å². The molecule has 2 heterocycles. The number of fused-ring (bicyclic) bond motifs is 3. The molecule has 40 heavy (non-hydrogen) atoms. The molecule has 3 aromatic carbocycles. The predicted octanol–water partition coefficient (Wildman–Crippen LogP) is 4.58. The van der Waals surface area contributed by atoms with Crippen LogP contribution < -0.4 is 9.36 Å². The molecule has 208 valence electrons. The van der Waals surface area contributed by atoms with Crippen molar-refractivity contribution >= 4 is 43.3 Å². The summed E-state index contributed by atoms with van der Waals surface area (Å²) in [6.45, 7) is 5.41. The van der Waals surface area contributed by atoms with Crippen LogP contribution in [0.2, 0.25) is 0 Å². The van der Waals surface area contributed by atoms with Crippen molar-refractivity contribution in [2.45, 2.75) is 55.9 Å². The summed E-state index contributed by atoms with van der Waals surface area (Å²) in [5, 5.41) is 0. The molecule has 0 N–H and O–H groups in total. The van der Waals surface area contributed by atoms with Gasteiger partial charge in [0.05, 0.1) is 0 Å². The van der Waals surface area contributed by atoms with Gasteiger partial charge in [0.1, 0.15) is 0 Å². The Balaban J connectivity index is 1.64. The van der Waals surface area contributed by atoms with Crippen LogP contribution in [-0.4, -0.2) is 62.9 Å². The molecular formula is C31H32N2O6Se. The van der Waals surface area contributed by atoms with Gasteiger partial charge in [-0.2, -0.15) is 0 Å². The number of ether oxygens (including phenoxy) is 3. The molecule has 5 rings (SSSR count). The number of rotatable bonds is 5. The van der Waals surface area contributed by atoms with E-state index in [1.165, 1.54) is 16.9 Å². The Labute approximate surface area is 240 Å². The first-order valence-electron chi connectivity index (χ1n) is 13.1. The number of amides is 2. The van der Waals surface area contributed by atoms with Gasteiger partial charge in [0.25, 0.3) is 0 Å². The molecule has 3 atom stereocenters. The Bertz CT molecular complexity index is 1390. The molecule has 8 nitrogen and oxygen atoms in total. The van der Waals surface area contributed by atoms with Gasteiger partial charge in [-0.3, -0.25) is 0 Å². The van der Waals surface area contributed by atoms with Crippen molar-refractivity contribution in [2.24, 2.45) is 0 Å². The maximum absolute atomic E-state index is 13.9. The normalized spacial score (nSPS) is 21.4. The fourth-order valence-corrected chi connectivity index (χ4v) is 8.63. The van der Waals surface area contributed by atoms with E-state index >= 15 is 0 Å². The van der Waals surface area contributed by atoms with E-state index in [-0.39, 0.29) is 28.0 Å². The minimum atomic E-state index is -0.956. The van der Waals surface area contributed by atoms with Crippen LogP contribution in [0.4, 0.5) is 15.3 Å². The fraction of sp³-hybridized carbons (Fsp3) is 0.323. The summed E-state index contributed by atoms with van der Waals surface area (Å²) < 4.78 is 17.1. The number of likely N-dealkylation sites (tertiary alicyclic amines) is 1. The first-order valence-corrected chi connectivity index (χ1v) is 14.8. The molecule has 1 saturated heterocycles. The number of nitrogens with zero attached hydrogens (tertiary/aromatic N) is 2. The Kier molecular flexibility index (Phi) is 7.62. The number of carbonyl (C=O) groups is 3. The number of hydrogen-bond acceptors (Lipinski definition) is 6. The van der Waals surface area contributed by atoms with Crippen molar-refractivity contribution < 1.29 is 28.6 Å². The fourth-order valence-electron chi connectivity index (χ4n) is 5.35. The molecule has 2 aliphatic rings. The molecule has 0 unspecified atom stereocenters. The SMILES string of the molecule is COC(=O)[C@H]1C[C@]2([Se]c3ccccc3)c3ccccc3N(C(=O)OC(C)(C)C)[C@@H]2N1C(=O)OCc1ccccc1. The summed E-state index contributed by atoms with van der Waals surface area (Å²) in [6.07, 6.45) is -1.87. The van der Waals surface area contributed by atoms with Crippen LogP contribution in [0, 0.1) is 0 Å². The average Bonchev–Trinajstić information content (AvgIpc) is 3.40. The van der Waals surface area contributed by atoms with E-state index in [0.29, 0.717) is 5.69 Å². The van der Waals surface area contributed by atoms with E-state index in [0.717, 1.165) is 15.6 Å². The van der Waals surface area contributed by atoms with Gasteiger partial charge in [0, 0.05) is 0 Å². The van der Waals surface area contributed by atoms with E-state index in [9.17, 15) is 14.4 Å². The van der Waals surface area contributed by atoms with Gasteiger partial charge in [-0.25, -0.2) is 0 Å². The van der Waals surface area contributed by atoms with E-state index < -0.39 is 40.3 Å². The van der Waals surface area contributed by atoms with E-state index in [1.807, 2.05) is 84.9 Å². The maximum atomic E-state index is 13.9. The number of benzene rings is 3. The van der Waals surface area contributed by atoms with Crippen LogP contribution in [-0.2, 0) is 29.9 Å². The molecule has 0 spiro atoms. The quantitative estimate of drug-likeness (QED) is 0.240. The first-order chi connectivity index (χ1) is 19.1. The molecule has 3 aromatic rings. The molecule has 0 aliphatic carbocycles. The van der Waals surface area contributed by atoms with Crippen molar-refractivity contribution in [2.75, 3.05) is 12.0 Å². The number of carbonyl (C=O) groups excluding carboxylic acids is 3. The summed E-state index contributed by atoms with van der Waals surface area (Å²) >= 11 is -0.299. The van der Waals surface area contributed by atoms with Crippen molar-refractivity contribution in [1.29, 1.82) is 0 Å². The van der Waals surface area contributed by atoms with E-state index in [1.54, 1.807) is 20.8 Å². The molecule has 0 aromatic heterocycles. The predicted molar refractivity (Wildman–Crippen MR) is 151 cm³/mol. The second-order valence-corrected chi connectivity index (χ2v) is 13.7. The topological polar surface area (TPSA) is 85.4 Å². The Hall–Kier alpha value is -3.81. The van der Waals surface area contributed by atoms with Crippen molar-refractivity contribution in [1.82, 2.24) is 4.90 Å². The van der Waals surface area contributed by atoms with Gasteiger partial charge in [-0.05, 0) is 0 Å². The third-order valence-electron chi connectivity index (χ3n) is 6.90. The average molecular weight is 608 g/mol. The molecule has 0 saturated carbocycles. The van der Waals surface area contributed by atoms with Gasteiger partial charge >= 0.3 is 241 Å². The Morgan fingerprint density at radius 3 is 2.17 bits per heavy atom. The summed E-state index contributed by atoms with van der Waals surface area (Å²) in [7, 11) is 1.30. The van der Waals surface area contributed by atoms with Crippen LogP contribution in [0.15, 0.2) is 84.9 Å². The minimum absolute atomic E-state index is 0.0208. The first kappa shape index (κ1) is 27.7. The number of esters is 1. The molecular weight excluding hydrogens is 575 g/mol. The van der Waals surface area contributed by atoms with Gasteiger partial charge in [0.2, 0.25) is 0 Å². The zero-order valence-electron chi connectivity index (χ0n) is 22.9. The number of anilines is 1. The number of methoxy groups -OCH3 is 1. The molecule has 0 radical (unpaired) electrons. The van der Waals surface area contributed by atoms with Gasteiger partial charge in [-0.15, -0.1) is 0 Å². The number of hydrogen-bond donors (Lipinski definition) is 0. The third kappa shape index (κ3) is 5.19. The second kappa shape index (κ2) is 11.0. The van der Waals surface area contributed by atoms with Crippen LogP contribution in [0.5, 0.6) is 0 Å². The zero-order chi connectivity index (χ0) is 28.5. The summed E-state index contributed by atoms with van der Waals surface area (Å²) in [4.78, 5) is 44.0. The zero-order valence-corrected chi connectivity index (χ0v) is 24.6. The van der Waals surface area contributed by atoms with Crippen LogP contribution >= 0.6 is 0 Å². The van der Waals surface area contributed by atoms with Crippen LogP contribution in [0.3, 0.4) is 0 Å². The van der Waals surface area contributed by atoms with Crippen molar-refractivity contribution in [3.8, 4) is 0 Å². The van der Waals surface area contributed by atoms with Gasteiger partial charge in [-0.1, -0.05) is 0 Å². The van der Waals surface area contributed by atoms with E-state index in [2.05, 4.69) is 0 Å². The summed E-state index contributed by atoms with van der Waals surface area (Å²) in [6, 6.07) is 25.9. The molecule has 2 amide bonds. The Morgan fingerprint density at radius 2 is 1.52 bits per heavy atom. The van der Waals surface area contributed by atoms with Gasteiger partial charge in [0.15, 0.2) is 0 Å². The molecule has 0 bridgehead atoms. The molecule has 1 fully saturated rings. The summed E-state index contributed by atoms with van der Waals surface area (Å²) in [5.41, 5.74) is 1.58. The van der Waals surface area contributed by atoms with Crippen molar-refractivity contribution in [3.63, 3.8) is 0 Å². The summed E-state index contributed by atoms with van der Waals surface area (Å²) in [5.74, 6) is -0.559. The van der Waals surface area contributed by atoms with Crippen LogP contribution in [0.25, 0.3) is 0 Å².